The van der Waals surface area contributed by atoms with Crippen molar-refractivity contribution in [3.63, 3.8) is 0 Å². The molecule has 2 aromatic heterocycles. The van der Waals surface area contributed by atoms with Gasteiger partial charge < -0.3 is 20.1 Å². The molecule has 1 saturated heterocycles. The molecule has 2 aliphatic rings. The molecule has 28 heavy (non-hydrogen) atoms. The van der Waals surface area contributed by atoms with Crippen molar-refractivity contribution in [2.75, 3.05) is 44.2 Å². The molecule has 154 valence electrons. The lowest BCUT2D eigenvalue weighted by Gasteiger charge is -2.36. The molecule has 7 nitrogen and oxygen atoms in total. The largest absolute Gasteiger partial charge is 0.357 e. The molecule has 0 unspecified atom stereocenters. The van der Waals surface area contributed by atoms with Gasteiger partial charge in [-0.15, -0.1) is 24.8 Å². The highest BCUT2D eigenvalue weighted by Crippen LogP contribution is 2.25. The highest BCUT2D eigenvalue weighted by Gasteiger charge is 2.26. The lowest BCUT2D eigenvalue weighted by atomic mass is 10.1. The van der Waals surface area contributed by atoms with E-state index in [4.69, 9.17) is 9.97 Å². The molecular formula is C19H28Cl2N6O. The topological polar surface area (TPSA) is 77.2 Å². The van der Waals surface area contributed by atoms with Gasteiger partial charge in [-0.3, -0.25) is 4.79 Å². The Morgan fingerprint density at radius 3 is 2.54 bits per heavy atom. The van der Waals surface area contributed by atoms with Crippen LogP contribution in [0.25, 0.3) is 0 Å². The van der Waals surface area contributed by atoms with Gasteiger partial charge in [-0.25, -0.2) is 9.97 Å². The van der Waals surface area contributed by atoms with Crippen LogP contribution in [-0.2, 0) is 19.3 Å². The summed E-state index contributed by atoms with van der Waals surface area (Å²) in [6, 6.07) is 3.69. The minimum Gasteiger partial charge on any atom is -0.357 e. The molecule has 0 atom stereocenters. The van der Waals surface area contributed by atoms with E-state index >= 15 is 0 Å². The third kappa shape index (κ3) is 4.59. The summed E-state index contributed by atoms with van der Waals surface area (Å²) in [5.41, 5.74) is 3.15. The number of nitrogens with zero attached hydrogens (tertiary/aromatic N) is 4. The number of piperazine rings is 1. The lowest BCUT2D eigenvalue weighted by molar-refractivity contribution is 0.0741. The van der Waals surface area contributed by atoms with E-state index in [0.717, 1.165) is 70.2 Å². The summed E-state index contributed by atoms with van der Waals surface area (Å²) in [6.45, 7) is 7.12. The van der Waals surface area contributed by atoms with E-state index in [1.807, 2.05) is 17.0 Å². The fourth-order valence-corrected chi connectivity index (χ4v) is 3.75. The second kappa shape index (κ2) is 10.1. The Morgan fingerprint density at radius 1 is 1.11 bits per heavy atom. The number of anilines is 1. The van der Waals surface area contributed by atoms with Gasteiger partial charge >= 0.3 is 0 Å². The van der Waals surface area contributed by atoms with Crippen LogP contribution in [0.15, 0.2) is 18.3 Å². The molecule has 0 saturated carbocycles. The molecular weight excluding hydrogens is 399 g/mol. The van der Waals surface area contributed by atoms with E-state index in [2.05, 4.69) is 22.1 Å². The van der Waals surface area contributed by atoms with E-state index in [1.54, 1.807) is 6.20 Å². The lowest BCUT2D eigenvalue weighted by Crippen LogP contribution is -2.49. The zero-order chi connectivity index (χ0) is 17.9. The molecule has 9 heteroatoms. The van der Waals surface area contributed by atoms with E-state index in [0.29, 0.717) is 5.69 Å². The average Bonchev–Trinajstić information content (AvgIpc) is 3.12. The van der Waals surface area contributed by atoms with Crippen LogP contribution in [0, 0.1) is 0 Å². The Bertz CT molecular complexity index is 775. The molecule has 4 rings (SSSR count). The van der Waals surface area contributed by atoms with Crippen molar-refractivity contribution in [2.45, 2.75) is 26.2 Å². The van der Waals surface area contributed by atoms with Gasteiger partial charge in [0.05, 0.1) is 5.69 Å². The number of halogens is 2. The zero-order valence-electron chi connectivity index (χ0n) is 16.1. The minimum atomic E-state index is 0. The smallest absolute Gasteiger partial charge is 0.270 e. The van der Waals surface area contributed by atoms with E-state index in [9.17, 15) is 4.79 Å². The first-order valence-corrected chi connectivity index (χ1v) is 9.53. The molecule has 0 aliphatic carbocycles. The van der Waals surface area contributed by atoms with Crippen molar-refractivity contribution in [2.24, 2.45) is 0 Å². The number of amides is 1. The molecule has 1 amide bonds. The first kappa shape index (κ1) is 22.5. The van der Waals surface area contributed by atoms with Crippen LogP contribution in [0.3, 0.4) is 0 Å². The highest BCUT2D eigenvalue weighted by molar-refractivity contribution is 5.92. The number of carbonyl (C=O) groups is 1. The van der Waals surface area contributed by atoms with E-state index in [-0.39, 0.29) is 30.7 Å². The van der Waals surface area contributed by atoms with Crippen LogP contribution >= 0.6 is 24.8 Å². The number of hydrogen-bond donors (Lipinski definition) is 2. The van der Waals surface area contributed by atoms with Gasteiger partial charge in [0.2, 0.25) is 0 Å². The molecule has 4 heterocycles. The first-order chi connectivity index (χ1) is 12.8. The molecule has 2 aromatic rings. The predicted molar refractivity (Wildman–Crippen MR) is 115 cm³/mol. The molecule has 0 radical (unpaired) electrons. The zero-order valence-corrected chi connectivity index (χ0v) is 17.7. The van der Waals surface area contributed by atoms with Crippen molar-refractivity contribution in [1.29, 1.82) is 0 Å². The second-order valence-corrected chi connectivity index (χ2v) is 6.86. The second-order valence-electron chi connectivity index (χ2n) is 6.86. The van der Waals surface area contributed by atoms with Crippen molar-refractivity contribution >= 4 is 36.5 Å². The molecule has 0 aromatic carbocycles. The Kier molecular flexibility index (Phi) is 8.10. The number of aromatic nitrogens is 3. The van der Waals surface area contributed by atoms with E-state index < -0.39 is 0 Å². The standard InChI is InChI=1S/C19H26N6O.2ClH/c1-2-17-22-15-6-9-20-8-5-14(15)18(23-17)24-10-12-25(13-11-24)19(26)16-4-3-7-21-16;;/h3-4,7,20-21H,2,5-6,8-13H2,1H3;2*1H. The van der Waals surface area contributed by atoms with Crippen LogP contribution in [0.1, 0.15) is 34.5 Å². The Morgan fingerprint density at radius 2 is 1.86 bits per heavy atom. The van der Waals surface area contributed by atoms with Gasteiger partial charge in [0.25, 0.3) is 5.91 Å². The third-order valence-electron chi connectivity index (χ3n) is 5.22. The van der Waals surface area contributed by atoms with Gasteiger partial charge in [0.15, 0.2) is 0 Å². The van der Waals surface area contributed by atoms with Gasteiger partial charge in [-0.1, -0.05) is 6.92 Å². The summed E-state index contributed by atoms with van der Waals surface area (Å²) in [7, 11) is 0. The normalized spacial score (nSPS) is 16.5. The Labute approximate surface area is 178 Å². The van der Waals surface area contributed by atoms with Crippen molar-refractivity contribution in [3.8, 4) is 0 Å². The fraction of sp³-hybridized carbons (Fsp3) is 0.526. The van der Waals surface area contributed by atoms with Crippen LogP contribution in [0.5, 0.6) is 0 Å². The minimum absolute atomic E-state index is 0. The number of H-pyrrole nitrogens is 1. The summed E-state index contributed by atoms with van der Waals surface area (Å²) < 4.78 is 0. The van der Waals surface area contributed by atoms with Crippen molar-refractivity contribution in [3.05, 3.63) is 41.1 Å². The number of carbonyl (C=O) groups excluding carboxylic acids is 1. The maximum absolute atomic E-state index is 12.5. The molecule has 0 spiro atoms. The van der Waals surface area contributed by atoms with Crippen LogP contribution in [0.2, 0.25) is 0 Å². The number of rotatable bonds is 3. The predicted octanol–water partition coefficient (Wildman–Crippen LogP) is 1.86. The third-order valence-corrected chi connectivity index (χ3v) is 5.22. The van der Waals surface area contributed by atoms with Crippen LogP contribution in [-0.4, -0.2) is 65.0 Å². The van der Waals surface area contributed by atoms with E-state index in [1.165, 1.54) is 11.3 Å². The van der Waals surface area contributed by atoms with Gasteiger partial charge in [0.1, 0.15) is 17.3 Å². The summed E-state index contributed by atoms with van der Waals surface area (Å²) in [6.07, 6.45) is 4.57. The van der Waals surface area contributed by atoms with Gasteiger partial charge in [0, 0.05) is 57.3 Å². The molecule has 1 fully saturated rings. The number of fused-ring (bicyclic) bond motifs is 1. The molecule has 2 aliphatic heterocycles. The summed E-state index contributed by atoms with van der Waals surface area (Å²) in [5.74, 6) is 2.09. The Hall–Kier alpha value is -1.83. The van der Waals surface area contributed by atoms with Crippen LogP contribution in [0.4, 0.5) is 5.82 Å². The number of hydrogen-bond acceptors (Lipinski definition) is 5. The average molecular weight is 427 g/mol. The van der Waals surface area contributed by atoms with Gasteiger partial charge in [-0.05, 0) is 25.1 Å². The molecule has 2 N–H and O–H groups in total. The monoisotopic (exact) mass is 426 g/mol. The Balaban J connectivity index is 0.00000140. The van der Waals surface area contributed by atoms with Crippen LogP contribution < -0.4 is 10.2 Å². The maximum atomic E-state index is 12.5. The molecule has 0 bridgehead atoms. The number of aryl methyl sites for hydroxylation is 1. The van der Waals surface area contributed by atoms with Gasteiger partial charge in [-0.2, -0.15) is 0 Å². The number of aromatic amines is 1. The van der Waals surface area contributed by atoms with Crippen molar-refractivity contribution < 1.29 is 4.79 Å². The summed E-state index contributed by atoms with van der Waals surface area (Å²) >= 11 is 0. The SMILES string of the molecule is CCc1nc2c(c(N3CCN(C(=O)c4ccc[nH]4)CC3)n1)CCNCC2.Cl.Cl. The highest BCUT2D eigenvalue weighted by atomic mass is 35.5. The summed E-state index contributed by atoms with van der Waals surface area (Å²) in [4.78, 5) is 29.4. The fourth-order valence-electron chi connectivity index (χ4n) is 3.75. The quantitative estimate of drug-likeness (QED) is 0.782. The number of nitrogens with one attached hydrogen (secondary N) is 2. The summed E-state index contributed by atoms with van der Waals surface area (Å²) in [5, 5.41) is 3.46. The maximum Gasteiger partial charge on any atom is 0.270 e. The van der Waals surface area contributed by atoms with Crippen molar-refractivity contribution in [1.82, 2.24) is 25.2 Å². The first-order valence-electron chi connectivity index (χ1n) is 9.53.